The Kier molecular flexibility index (Phi) is 7.46. The van der Waals surface area contributed by atoms with Crippen LogP contribution in [0, 0.1) is 12.3 Å². The summed E-state index contributed by atoms with van der Waals surface area (Å²) in [7, 11) is 1.99. The van der Waals surface area contributed by atoms with E-state index < -0.39 is 0 Å². The van der Waals surface area contributed by atoms with E-state index in [9.17, 15) is 0 Å². The molecule has 88 valence electrons. The SMILES string of the molecule is C#CCCCC(NC)C(C)(CC)OCC. The summed E-state index contributed by atoms with van der Waals surface area (Å²) in [5.41, 5.74) is -0.0713. The number of nitrogens with one attached hydrogen (secondary N) is 1. The summed E-state index contributed by atoms with van der Waals surface area (Å²) in [6.07, 6.45) is 9.26. The summed E-state index contributed by atoms with van der Waals surface area (Å²) in [6, 6.07) is 0.385. The zero-order valence-electron chi connectivity index (χ0n) is 10.6. The Bertz CT molecular complexity index is 197. The van der Waals surface area contributed by atoms with E-state index in [0.29, 0.717) is 6.04 Å². The number of likely N-dealkylation sites (N-methyl/N-ethyl adjacent to an activating group) is 1. The maximum absolute atomic E-state index is 5.85. The summed E-state index contributed by atoms with van der Waals surface area (Å²) >= 11 is 0. The molecule has 0 bridgehead atoms. The van der Waals surface area contributed by atoms with Crippen molar-refractivity contribution in [3.05, 3.63) is 0 Å². The minimum atomic E-state index is -0.0713. The molecule has 0 saturated heterocycles. The fourth-order valence-corrected chi connectivity index (χ4v) is 1.94. The van der Waals surface area contributed by atoms with Gasteiger partial charge in [0.1, 0.15) is 0 Å². The molecular weight excluding hydrogens is 186 g/mol. The molecule has 0 aliphatic carbocycles. The Morgan fingerprint density at radius 2 is 2.13 bits per heavy atom. The Morgan fingerprint density at radius 1 is 1.47 bits per heavy atom. The number of hydrogen-bond donors (Lipinski definition) is 1. The Hall–Kier alpha value is -0.520. The largest absolute Gasteiger partial charge is 0.374 e. The lowest BCUT2D eigenvalue weighted by atomic mass is 9.89. The average Bonchev–Trinajstić information content (AvgIpc) is 2.24. The van der Waals surface area contributed by atoms with Gasteiger partial charge in [-0.15, -0.1) is 12.3 Å². The third-order valence-corrected chi connectivity index (χ3v) is 3.08. The van der Waals surface area contributed by atoms with Gasteiger partial charge in [0.05, 0.1) is 5.60 Å². The van der Waals surface area contributed by atoms with Crippen LogP contribution in [0.3, 0.4) is 0 Å². The summed E-state index contributed by atoms with van der Waals surface area (Å²) in [5.74, 6) is 2.68. The van der Waals surface area contributed by atoms with Gasteiger partial charge in [-0.3, -0.25) is 0 Å². The number of terminal acetylenes is 1. The summed E-state index contributed by atoms with van der Waals surface area (Å²) in [4.78, 5) is 0. The van der Waals surface area contributed by atoms with Crippen LogP contribution in [0.25, 0.3) is 0 Å². The van der Waals surface area contributed by atoms with E-state index in [1.54, 1.807) is 0 Å². The van der Waals surface area contributed by atoms with Gasteiger partial charge >= 0.3 is 0 Å². The van der Waals surface area contributed by atoms with E-state index in [4.69, 9.17) is 11.2 Å². The van der Waals surface area contributed by atoms with E-state index in [1.807, 2.05) is 14.0 Å². The molecule has 0 amide bonds. The maximum Gasteiger partial charge on any atom is 0.0803 e. The van der Waals surface area contributed by atoms with Crippen molar-refractivity contribution in [3.63, 3.8) is 0 Å². The second kappa shape index (κ2) is 7.73. The smallest absolute Gasteiger partial charge is 0.0803 e. The number of rotatable bonds is 8. The standard InChI is InChI=1S/C13H25NO/c1-6-9-10-11-12(14-5)13(4,7-2)15-8-3/h1,12,14H,7-11H2,2-5H3. The van der Waals surface area contributed by atoms with Crippen molar-refractivity contribution in [1.29, 1.82) is 0 Å². The average molecular weight is 211 g/mol. The van der Waals surface area contributed by atoms with Crippen molar-refractivity contribution in [3.8, 4) is 12.3 Å². The lowest BCUT2D eigenvalue weighted by Gasteiger charge is -2.36. The van der Waals surface area contributed by atoms with Gasteiger partial charge < -0.3 is 10.1 Å². The molecule has 1 N–H and O–H groups in total. The fraction of sp³-hybridized carbons (Fsp3) is 0.846. The van der Waals surface area contributed by atoms with Crippen molar-refractivity contribution >= 4 is 0 Å². The second-order valence-corrected chi connectivity index (χ2v) is 4.04. The van der Waals surface area contributed by atoms with Crippen LogP contribution in [-0.4, -0.2) is 25.3 Å². The molecular formula is C13H25NO. The van der Waals surface area contributed by atoms with Crippen LogP contribution < -0.4 is 5.32 Å². The fourth-order valence-electron chi connectivity index (χ4n) is 1.94. The molecule has 0 aromatic rings. The molecule has 0 spiro atoms. The summed E-state index contributed by atoms with van der Waals surface area (Å²) in [6.45, 7) is 7.15. The molecule has 2 nitrogen and oxygen atoms in total. The van der Waals surface area contributed by atoms with Crippen LogP contribution in [0.4, 0.5) is 0 Å². The van der Waals surface area contributed by atoms with Crippen LogP contribution >= 0.6 is 0 Å². The van der Waals surface area contributed by atoms with Crippen molar-refractivity contribution in [2.24, 2.45) is 0 Å². The number of ether oxygens (including phenoxy) is 1. The normalized spacial score (nSPS) is 16.7. The first-order valence-electron chi connectivity index (χ1n) is 5.89. The van der Waals surface area contributed by atoms with Crippen LogP contribution in [0.2, 0.25) is 0 Å². The number of unbranched alkanes of at least 4 members (excludes halogenated alkanes) is 1. The minimum Gasteiger partial charge on any atom is -0.374 e. The van der Waals surface area contributed by atoms with Crippen LogP contribution in [0.15, 0.2) is 0 Å². The molecule has 2 heteroatoms. The minimum absolute atomic E-state index is 0.0713. The first-order valence-corrected chi connectivity index (χ1v) is 5.89. The molecule has 0 aromatic carbocycles. The van der Waals surface area contributed by atoms with Crippen molar-refractivity contribution in [1.82, 2.24) is 5.32 Å². The van der Waals surface area contributed by atoms with Crippen LogP contribution in [-0.2, 0) is 4.74 Å². The zero-order valence-corrected chi connectivity index (χ0v) is 10.6. The van der Waals surface area contributed by atoms with Crippen LogP contribution in [0.5, 0.6) is 0 Å². The van der Waals surface area contributed by atoms with Gasteiger partial charge in [-0.25, -0.2) is 0 Å². The first kappa shape index (κ1) is 14.5. The third kappa shape index (κ3) is 4.68. The molecule has 0 saturated carbocycles. The molecule has 0 aliphatic rings. The molecule has 0 heterocycles. The van der Waals surface area contributed by atoms with Gasteiger partial charge in [0.25, 0.3) is 0 Å². The van der Waals surface area contributed by atoms with E-state index in [0.717, 1.165) is 32.3 Å². The monoisotopic (exact) mass is 211 g/mol. The third-order valence-electron chi connectivity index (χ3n) is 3.08. The summed E-state index contributed by atoms with van der Waals surface area (Å²) < 4.78 is 5.85. The Morgan fingerprint density at radius 3 is 2.53 bits per heavy atom. The highest BCUT2D eigenvalue weighted by Gasteiger charge is 2.31. The predicted molar refractivity (Wildman–Crippen MR) is 65.9 cm³/mol. The van der Waals surface area contributed by atoms with Gasteiger partial charge in [-0.1, -0.05) is 6.92 Å². The first-order chi connectivity index (χ1) is 7.14. The molecule has 0 radical (unpaired) electrons. The van der Waals surface area contributed by atoms with E-state index in [2.05, 4.69) is 25.1 Å². The molecule has 0 aromatic heterocycles. The van der Waals surface area contributed by atoms with E-state index >= 15 is 0 Å². The highest BCUT2D eigenvalue weighted by molar-refractivity contribution is 4.90. The molecule has 0 fully saturated rings. The molecule has 15 heavy (non-hydrogen) atoms. The summed E-state index contributed by atoms with van der Waals surface area (Å²) in [5, 5.41) is 3.34. The highest BCUT2D eigenvalue weighted by atomic mass is 16.5. The lowest BCUT2D eigenvalue weighted by molar-refractivity contribution is -0.0556. The van der Waals surface area contributed by atoms with Gasteiger partial charge in [0, 0.05) is 19.1 Å². The lowest BCUT2D eigenvalue weighted by Crippen LogP contribution is -2.49. The van der Waals surface area contributed by atoms with Gasteiger partial charge in [-0.05, 0) is 40.2 Å². The second-order valence-electron chi connectivity index (χ2n) is 4.04. The quantitative estimate of drug-likeness (QED) is 0.492. The van der Waals surface area contributed by atoms with Crippen molar-refractivity contribution < 1.29 is 4.74 Å². The molecule has 0 aliphatic heterocycles. The van der Waals surface area contributed by atoms with Crippen molar-refractivity contribution in [2.75, 3.05) is 13.7 Å². The van der Waals surface area contributed by atoms with Gasteiger partial charge in [0.2, 0.25) is 0 Å². The molecule has 2 unspecified atom stereocenters. The van der Waals surface area contributed by atoms with E-state index in [-0.39, 0.29) is 5.60 Å². The zero-order chi connectivity index (χ0) is 11.7. The topological polar surface area (TPSA) is 21.3 Å². The highest BCUT2D eigenvalue weighted by Crippen LogP contribution is 2.23. The predicted octanol–water partition coefficient (Wildman–Crippen LogP) is 2.58. The maximum atomic E-state index is 5.85. The van der Waals surface area contributed by atoms with Crippen molar-refractivity contribution in [2.45, 2.75) is 58.1 Å². The van der Waals surface area contributed by atoms with E-state index in [1.165, 1.54) is 0 Å². The van der Waals surface area contributed by atoms with Gasteiger partial charge in [0.15, 0.2) is 0 Å². The number of hydrogen-bond acceptors (Lipinski definition) is 2. The Balaban J connectivity index is 4.27. The van der Waals surface area contributed by atoms with Gasteiger partial charge in [-0.2, -0.15) is 0 Å². The molecule has 2 atom stereocenters. The van der Waals surface area contributed by atoms with Crippen LogP contribution in [0.1, 0.15) is 46.5 Å². The Labute approximate surface area is 94.8 Å². The molecule has 0 rings (SSSR count).